The number of aromatic hydroxyl groups is 1. The summed E-state index contributed by atoms with van der Waals surface area (Å²) < 4.78 is 4.79. The fourth-order valence-corrected chi connectivity index (χ4v) is 1.66. The van der Waals surface area contributed by atoms with Gasteiger partial charge in [0.25, 0.3) is 0 Å². The highest BCUT2D eigenvalue weighted by Gasteiger charge is 2.15. The van der Waals surface area contributed by atoms with Gasteiger partial charge in [0.15, 0.2) is 0 Å². The summed E-state index contributed by atoms with van der Waals surface area (Å²) in [4.78, 5) is 11.5. The third-order valence-corrected chi connectivity index (χ3v) is 2.58. The fourth-order valence-electron chi connectivity index (χ4n) is 1.21. The Labute approximate surface area is 102 Å². The fraction of sp³-hybridized carbons (Fsp3) is 0.273. The zero-order valence-corrected chi connectivity index (χ0v) is 10.2. The van der Waals surface area contributed by atoms with Gasteiger partial charge in [-0.3, -0.25) is 0 Å². The molecule has 0 aliphatic rings. The molecule has 84 valence electrons. The van der Waals surface area contributed by atoms with E-state index in [1.54, 1.807) is 6.92 Å². The molecule has 0 unspecified atom stereocenters. The van der Waals surface area contributed by atoms with Gasteiger partial charge in [-0.25, -0.2) is 4.79 Å². The van der Waals surface area contributed by atoms with Crippen LogP contribution in [0.4, 0.5) is 0 Å². The Hall–Kier alpha value is -1.54. The maximum atomic E-state index is 11.5. The Morgan fingerprint density at radius 1 is 1.62 bits per heavy atom. The molecule has 1 aromatic rings. The Balaban J connectivity index is 3.24. The van der Waals surface area contributed by atoms with Crippen molar-refractivity contribution in [3.8, 4) is 11.8 Å². The molecule has 1 aromatic carbocycles. The van der Waals surface area contributed by atoms with Crippen LogP contribution in [0.2, 0.25) is 0 Å². The minimum atomic E-state index is -0.601. The van der Waals surface area contributed by atoms with Crippen molar-refractivity contribution in [3.63, 3.8) is 0 Å². The summed E-state index contributed by atoms with van der Waals surface area (Å²) in [5, 5.41) is 18.9. The number of carbonyl (C=O) groups is 1. The molecule has 0 bridgehead atoms. The van der Waals surface area contributed by atoms with Gasteiger partial charge in [-0.2, -0.15) is 5.26 Å². The zero-order valence-electron chi connectivity index (χ0n) is 8.66. The molecule has 0 aliphatic heterocycles. The molecule has 0 amide bonds. The van der Waals surface area contributed by atoms with Crippen molar-refractivity contribution >= 4 is 21.9 Å². The van der Waals surface area contributed by atoms with Gasteiger partial charge in [0.2, 0.25) is 0 Å². The molecule has 4 nitrogen and oxygen atoms in total. The van der Waals surface area contributed by atoms with Crippen LogP contribution in [-0.2, 0) is 10.1 Å². The van der Waals surface area contributed by atoms with Crippen LogP contribution in [0.25, 0.3) is 0 Å². The lowest BCUT2D eigenvalue weighted by atomic mass is 10.0. The lowest BCUT2D eigenvalue weighted by molar-refractivity contribution is 0.0525. The first-order chi connectivity index (χ1) is 7.63. The first-order valence-corrected chi connectivity index (χ1v) is 5.75. The van der Waals surface area contributed by atoms with Crippen molar-refractivity contribution in [2.75, 3.05) is 6.61 Å². The highest BCUT2D eigenvalue weighted by molar-refractivity contribution is 9.08. The topological polar surface area (TPSA) is 70.3 Å². The molecule has 1 rings (SSSR count). The van der Waals surface area contributed by atoms with E-state index in [9.17, 15) is 9.90 Å². The molecule has 0 heterocycles. The molecule has 0 atom stereocenters. The van der Waals surface area contributed by atoms with Crippen LogP contribution < -0.4 is 0 Å². The monoisotopic (exact) mass is 283 g/mol. The smallest absolute Gasteiger partial charge is 0.339 e. The predicted molar refractivity (Wildman–Crippen MR) is 61.4 cm³/mol. The van der Waals surface area contributed by atoms with Crippen molar-refractivity contribution in [2.24, 2.45) is 0 Å². The van der Waals surface area contributed by atoms with Crippen LogP contribution in [0.15, 0.2) is 12.1 Å². The molecule has 1 N–H and O–H groups in total. The maximum Gasteiger partial charge on any atom is 0.339 e. The van der Waals surface area contributed by atoms with Gasteiger partial charge in [0.05, 0.1) is 17.7 Å². The summed E-state index contributed by atoms with van der Waals surface area (Å²) in [6.07, 6.45) is 0. The van der Waals surface area contributed by atoms with E-state index in [2.05, 4.69) is 15.9 Å². The molecule has 0 fully saturated rings. The molecule has 0 saturated heterocycles. The van der Waals surface area contributed by atoms with E-state index in [1.165, 1.54) is 12.1 Å². The second kappa shape index (κ2) is 5.52. The number of ether oxygens (including phenoxy) is 1. The Bertz CT molecular complexity index is 451. The van der Waals surface area contributed by atoms with Gasteiger partial charge in [0, 0.05) is 10.9 Å². The first-order valence-electron chi connectivity index (χ1n) is 4.63. The molecule has 5 heteroatoms. The second-order valence-corrected chi connectivity index (χ2v) is 3.55. The average molecular weight is 284 g/mol. The molecule has 16 heavy (non-hydrogen) atoms. The minimum absolute atomic E-state index is 0.0288. The van der Waals surface area contributed by atoms with Crippen molar-refractivity contribution in [1.82, 2.24) is 0 Å². The maximum absolute atomic E-state index is 11.5. The van der Waals surface area contributed by atoms with Crippen LogP contribution in [0.5, 0.6) is 5.75 Å². The van der Waals surface area contributed by atoms with E-state index in [0.717, 1.165) is 0 Å². The molecule has 0 aliphatic carbocycles. The Kier molecular flexibility index (Phi) is 4.32. The van der Waals surface area contributed by atoms with Gasteiger partial charge in [-0.05, 0) is 19.1 Å². The zero-order chi connectivity index (χ0) is 12.1. The number of alkyl halides is 1. The van der Waals surface area contributed by atoms with Crippen LogP contribution in [0.1, 0.15) is 28.4 Å². The van der Waals surface area contributed by atoms with Gasteiger partial charge in [-0.1, -0.05) is 15.9 Å². The molecular formula is C11H10BrNO3. The van der Waals surface area contributed by atoms with Crippen LogP contribution >= 0.6 is 15.9 Å². The van der Waals surface area contributed by atoms with E-state index in [1.807, 2.05) is 6.07 Å². The summed E-state index contributed by atoms with van der Waals surface area (Å²) in [7, 11) is 0. The number of rotatable bonds is 3. The minimum Gasteiger partial charge on any atom is -0.508 e. The van der Waals surface area contributed by atoms with Crippen molar-refractivity contribution in [2.45, 2.75) is 12.3 Å². The van der Waals surface area contributed by atoms with E-state index in [0.29, 0.717) is 10.9 Å². The summed E-state index contributed by atoms with van der Waals surface area (Å²) >= 11 is 3.18. The molecule has 0 saturated carbocycles. The van der Waals surface area contributed by atoms with Crippen molar-refractivity contribution in [1.29, 1.82) is 5.26 Å². The average Bonchev–Trinajstić information content (AvgIpc) is 2.29. The summed E-state index contributed by atoms with van der Waals surface area (Å²) in [5.41, 5.74) is 0.849. The number of phenols is 1. The third kappa shape index (κ3) is 2.52. The number of esters is 1. The van der Waals surface area contributed by atoms with Crippen LogP contribution in [-0.4, -0.2) is 17.7 Å². The van der Waals surface area contributed by atoms with Gasteiger partial charge >= 0.3 is 5.97 Å². The summed E-state index contributed by atoms with van der Waals surface area (Å²) in [6, 6.07) is 4.63. The Morgan fingerprint density at radius 2 is 2.31 bits per heavy atom. The lowest BCUT2D eigenvalue weighted by Crippen LogP contribution is -2.07. The first kappa shape index (κ1) is 12.5. The Morgan fingerprint density at radius 3 is 2.81 bits per heavy atom. The molecule has 0 aromatic heterocycles. The van der Waals surface area contributed by atoms with E-state index in [-0.39, 0.29) is 23.5 Å². The number of carbonyl (C=O) groups excluding carboxylic acids is 1. The number of nitriles is 1. The highest BCUT2D eigenvalue weighted by Crippen LogP contribution is 2.24. The number of hydrogen-bond acceptors (Lipinski definition) is 4. The largest absolute Gasteiger partial charge is 0.508 e. The quantitative estimate of drug-likeness (QED) is 0.683. The molecule has 0 spiro atoms. The van der Waals surface area contributed by atoms with Gasteiger partial charge in [0.1, 0.15) is 11.8 Å². The summed E-state index contributed by atoms with van der Waals surface area (Å²) in [6.45, 7) is 1.90. The standard InChI is InChI=1S/C11H10BrNO3/c1-2-16-11(15)9-4-10(14)7(5-12)3-8(9)6-13/h3-4,14H,2,5H2,1H3. The number of phenolic OH excluding ortho intramolecular Hbond substituents is 1. The predicted octanol–water partition coefficient (Wildman–Crippen LogP) is 2.34. The SMILES string of the molecule is CCOC(=O)c1cc(O)c(CBr)cc1C#N. The molecule has 0 radical (unpaired) electrons. The van der Waals surface area contributed by atoms with Crippen LogP contribution in [0.3, 0.4) is 0 Å². The van der Waals surface area contributed by atoms with Crippen LogP contribution in [0, 0.1) is 11.3 Å². The number of hydrogen-bond donors (Lipinski definition) is 1. The third-order valence-electron chi connectivity index (χ3n) is 1.98. The van der Waals surface area contributed by atoms with Gasteiger partial charge in [-0.15, -0.1) is 0 Å². The summed E-state index contributed by atoms with van der Waals surface area (Å²) in [5.74, 6) is -0.630. The van der Waals surface area contributed by atoms with Crippen molar-refractivity contribution in [3.05, 3.63) is 28.8 Å². The number of halogens is 1. The number of nitrogens with zero attached hydrogens (tertiary/aromatic N) is 1. The second-order valence-electron chi connectivity index (χ2n) is 2.99. The molecular weight excluding hydrogens is 274 g/mol. The highest BCUT2D eigenvalue weighted by atomic mass is 79.9. The van der Waals surface area contributed by atoms with E-state index >= 15 is 0 Å². The van der Waals surface area contributed by atoms with E-state index in [4.69, 9.17) is 10.00 Å². The normalized spacial score (nSPS) is 9.56. The lowest BCUT2D eigenvalue weighted by Gasteiger charge is -2.07. The van der Waals surface area contributed by atoms with Crippen molar-refractivity contribution < 1.29 is 14.6 Å². The van der Waals surface area contributed by atoms with E-state index < -0.39 is 5.97 Å². The van der Waals surface area contributed by atoms with Gasteiger partial charge < -0.3 is 9.84 Å². The number of benzene rings is 1.